The molecule has 0 bridgehead atoms. The van der Waals surface area contributed by atoms with Crippen LogP contribution in [0.3, 0.4) is 0 Å². The molecular formula is C52H41N3O4. The minimum atomic E-state index is -0.343. The Morgan fingerprint density at radius 3 is 1.22 bits per heavy atom. The van der Waals surface area contributed by atoms with E-state index in [1.54, 1.807) is 18.2 Å². The number of nitrogen functional groups attached to an aromatic ring is 1. The Morgan fingerprint density at radius 1 is 0.322 bits per heavy atom. The van der Waals surface area contributed by atoms with E-state index < -0.39 is 0 Å². The summed E-state index contributed by atoms with van der Waals surface area (Å²) in [5, 5.41) is 0. The predicted molar refractivity (Wildman–Crippen MR) is 236 cm³/mol. The van der Waals surface area contributed by atoms with Gasteiger partial charge in [-0.05, 0) is 175 Å². The standard InChI is InChI=1S/C52H41N3O4/c1-28-7-9-34(10-8-28)36-13-19-41-45(26-36)52(59)55(50(41)57)48-25-31(4)44(23-33(48)6)40-18-15-38(21-29(40)2)43-22-32(5)47(24-30(43)3)54-49(56)42-20-14-37(27-46(42)51(54)58)35-11-16-39(53)17-12-35/h7-27H,53H2,1-6H3. The van der Waals surface area contributed by atoms with Crippen LogP contribution in [0.5, 0.6) is 0 Å². The second-order valence-corrected chi connectivity index (χ2v) is 15.8. The summed E-state index contributed by atoms with van der Waals surface area (Å²) in [5.74, 6) is -1.32. The Kier molecular flexibility index (Phi) is 8.78. The maximum Gasteiger partial charge on any atom is 0.266 e. The Labute approximate surface area is 343 Å². The molecule has 4 amide bonds. The van der Waals surface area contributed by atoms with Gasteiger partial charge in [0.15, 0.2) is 0 Å². The fraction of sp³-hybridized carbons (Fsp3) is 0.115. The molecule has 0 saturated heterocycles. The van der Waals surface area contributed by atoms with Gasteiger partial charge in [-0.1, -0.05) is 72.3 Å². The van der Waals surface area contributed by atoms with Gasteiger partial charge < -0.3 is 5.73 Å². The Balaban J connectivity index is 0.978. The van der Waals surface area contributed by atoms with Crippen LogP contribution in [0, 0.1) is 41.5 Å². The highest BCUT2D eigenvalue weighted by Gasteiger charge is 2.39. The molecule has 2 heterocycles. The van der Waals surface area contributed by atoms with Crippen molar-refractivity contribution >= 4 is 40.7 Å². The molecule has 0 spiro atoms. The molecule has 288 valence electrons. The molecule has 0 unspecified atom stereocenters. The van der Waals surface area contributed by atoms with Crippen molar-refractivity contribution in [3.8, 4) is 44.5 Å². The zero-order valence-electron chi connectivity index (χ0n) is 33.7. The van der Waals surface area contributed by atoms with Crippen molar-refractivity contribution in [3.05, 3.63) is 183 Å². The predicted octanol–water partition coefficient (Wildman–Crippen LogP) is 11.4. The van der Waals surface area contributed by atoms with Gasteiger partial charge >= 0.3 is 0 Å². The lowest BCUT2D eigenvalue weighted by molar-refractivity contribution is 0.0910. The van der Waals surface area contributed by atoms with Crippen LogP contribution in [0.15, 0.2) is 127 Å². The fourth-order valence-electron chi connectivity index (χ4n) is 8.52. The summed E-state index contributed by atoms with van der Waals surface area (Å²) in [6.07, 6.45) is 0. The van der Waals surface area contributed by atoms with E-state index in [2.05, 4.69) is 31.2 Å². The smallest absolute Gasteiger partial charge is 0.266 e. The van der Waals surface area contributed by atoms with Crippen LogP contribution >= 0.6 is 0 Å². The summed E-state index contributed by atoms with van der Waals surface area (Å²) in [5.41, 5.74) is 22.7. The monoisotopic (exact) mass is 771 g/mol. The molecule has 2 aliphatic heterocycles. The molecule has 0 aromatic heterocycles. The van der Waals surface area contributed by atoms with Crippen LogP contribution in [0.1, 0.15) is 74.8 Å². The largest absolute Gasteiger partial charge is 0.399 e. The van der Waals surface area contributed by atoms with Gasteiger partial charge in [0, 0.05) is 5.69 Å². The number of amides is 4. The van der Waals surface area contributed by atoms with E-state index in [0.29, 0.717) is 39.3 Å². The van der Waals surface area contributed by atoms with Gasteiger partial charge in [-0.2, -0.15) is 0 Å². The molecule has 2 aliphatic rings. The molecule has 0 fully saturated rings. The second kappa shape index (κ2) is 13.9. The number of imide groups is 2. The molecule has 2 N–H and O–H groups in total. The number of carbonyl (C=O) groups is 4. The van der Waals surface area contributed by atoms with Gasteiger partial charge in [0.1, 0.15) is 0 Å². The molecule has 7 heteroatoms. The van der Waals surface area contributed by atoms with Gasteiger partial charge in [0.05, 0.1) is 33.6 Å². The first-order chi connectivity index (χ1) is 28.3. The van der Waals surface area contributed by atoms with Crippen LogP contribution in [-0.4, -0.2) is 23.6 Å². The van der Waals surface area contributed by atoms with Gasteiger partial charge in [-0.3, -0.25) is 19.2 Å². The van der Waals surface area contributed by atoms with Crippen molar-refractivity contribution in [1.82, 2.24) is 0 Å². The Bertz CT molecular complexity index is 2980. The molecular weight excluding hydrogens is 731 g/mol. The number of hydrogen-bond acceptors (Lipinski definition) is 5. The average Bonchev–Trinajstić information content (AvgIpc) is 3.62. The van der Waals surface area contributed by atoms with Crippen molar-refractivity contribution in [2.24, 2.45) is 0 Å². The fourth-order valence-corrected chi connectivity index (χ4v) is 8.52. The molecule has 7 nitrogen and oxygen atoms in total. The van der Waals surface area contributed by atoms with Crippen molar-refractivity contribution in [2.45, 2.75) is 41.5 Å². The highest BCUT2D eigenvalue weighted by atomic mass is 16.2. The molecule has 0 atom stereocenters. The summed E-state index contributed by atoms with van der Waals surface area (Å²) >= 11 is 0. The highest BCUT2D eigenvalue weighted by Crippen LogP contribution is 2.40. The first-order valence-corrected chi connectivity index (χ1v) is 19.6. The highest BCUT2D eigenvalue weighted by molar-refractivity contribution is 6.36. The van der Waals surface area contributed by atoms with Crippen molar-refractivity contribution in [2.75, 3.05) is 15.5 Å². The number of hydrogen-bond donors (Lipinski definition) is 1. The maximum absolute atomic E-state index is 13.9. The van der Waals surface area contributed by atoms with E-state index in [9.17, 15) is 19.2 Å². The van der Waals surface area contributed by atoms with Gasteiger partial charge in [-0.25, -0.2) is 9.80 Å². The third-order valence-corrected chi connectivity index (χ3v) is 11.8. The van der Waals surface area contributed by atoms with Crippen molar-refractivity contribution in [3.63, 3.8) is 0 Å². The van der Waals surface area contributed by atoms with Gasteiger partial charge in [-0.15, -0.1) is 0 Å². The third kappa shape index (κ3) is 6.14. The van der Waals surface area contributed by atoms with E-state index in [1.165, 1.54) is 9.80 Å². The molecule has 59 heavy (non-hydrogen) atoms. The Morgan fingerprint density at radius 2 is 0.712 bits per heavy atom. The topological polar surface area (TPSA) is 101 Å². The lowest BCUT2D eigenvalue weighted by Crippen LogP contribution is -2.30. The number of nitrogens with two attached hydrogens (primary N) is 1. The van der Waals surface area contributed by atoms with Crippen LogP contribution in [-0.2, 0) is 0 Å². The number of rotatable bonds is 6. The normalized spacial score (nSPS) is 13.4. The first kappa shape index (κ1) is 37.2. The number of aryl methyl sites for hydroxylation is 6. The summed E-state index contributed by atoms with van der Waals surface area (Å²) in [4.78, 5) is 57.7. The number of anilines is 3. The number of carbonyl (C=O) groups excluding carboxylic acids is 4. The quantitative estimate of drug-likeness (QED) is 0.134. The average molecular weight is 772 g/mol. The van der Waals surface area contributed by atoms with E-state index in [-0.39, 0.29) is 23.6 Å². The second-order valence-electron chi connectivity index (χ2n) is 15.8. The summed E-state index contributed by atoms with van der Waals surface area (Å²) in [6, 6.07) is 40.7. The maximum atomic E-state index is 13.9. The van der Waals surface area contributed by atoms with E-state index in [4.69, 9.17) is 5.73 Å². The molecule has 7 aromatic rings. The molecule has 0 saturated carbocycles. The lowest BCUT2D eigenvalue weighted by Gasteiger charge is -2.21. The SMILES string of the molecule is Cc1ccc(-c2ccc3c(c2)C(=O)N(c2cc(C)c(-c4ccc(-c5cc(C)c(N6C(=O)c7ccc(-c8ccc(N)cc8)cc7C6=O)cc5C)cc4C)cc2C)C3=O)cc1. The summed E-state index contributed by atoms with van der Waals surface area (Å²) in [7, 11) is 0. The molecule has 9 rings (SSSR count). The van der Waals surface area contributed by atoms with Gasteiger partial charge in [0.2, 0.25) is 0 Å². The zero-order chi connectivity index (χ0) is 41.4. The van der Waals surface area contributed by atoms with Crippen LogP contribution < -0.4 is 15.5 Å². The van der Waals surface area contributed by atoms with Crippen molar-refractivity contribution < 1.29 is 19.2 Å². The molecule has 0 radical (unpaired) electrons. The van der Waals surface area contributed by atoms with E-state index >= 15 is 0 Å². The first-order valence-electron chi connectivity index (χ1n) is 19.6. The summed E-state index contributed by atoms with van der Waals surface area (Å²) in [6.45, 7) is 12.0. The molecule has 7 aromatic carbocycles. The molecule has 0 aliphatic carbocycles. The number of nitrogens with zero attached hydrogens (tertiary/aromatic N) is 2. The van der Waals surface area contributed by atoms with Crippen LogP contribution in [0.25, 0.3) is 44.5 Å². The minimum Gasteiger partial charge on any atom is -0.399 e. The number of fused-ring (bicyclic) bond motifs is 2. The lowest BCUT2D eigenvalue weighted by atomic mass is 9.90. The van der Waals surface area contributed by atoms with Crippen LogP contribution in [0.2, 0.25) is 0 Å². The number of benzene rings is 7. The summed E-state index contributed by atoms with van der Waals surface area (Å²) < 4.78 is 0. The van der Waals surface area contributed by atoms with E-state index in [1.807, 2.05) is 120 Å². The van der Waals surface area contributed by atoms with E-state index in [0.717, 1.165) is 77.9 Å². The third-order valence-electron chi connectivity index (χ3n) is 11.8. The minimum absolute atomic E-state index is 0.320. The van der Waals surface area contributed by atoms with Gasteiger partial charge in [0.25, 0.3) is 23.6 Å². The van der Waals surface area contributed by atoms with Crippen LogP contribution in [0.4, 0.5) is 17.1 Å². The Hall–Kier alpha value is -7.38. The van der Waals surface area contributed by atoms with Crippen molar-refractivity contribution in [1.29, 1.82) is 0 Å². The zero-order valence-corrected chi connectivity index (χ0v) is 33.7.